The molecule has 0 amide bonds. The van der Waals surface area contributed by atoms with Crippen molar-refractivity contribution >= 4 is 6.98 Å². The number of hydrogen-bond acceptors (Lipinski definition) is 0. The predicted molar refractivity (Wildman–Crippen MR) is 54.8 cm³/mol. The van der Waals surface area contributed by atoms with E-state index < -0.39 is 6.98 Å². The van der Waals surface area contributed by atoms with E-state index in [-0.39, 0.29) is 51.4 Å². The van der Waals surface area contributed by atoms with Gasteiger partial charge in [-0.25, -0.2) is 5.82 Å². The smallest absolute Gasteiger partial charge is 0.438 e. The van der Waals surface area contributed by atoms with E-state index in [9.17, 15) is 12.9 Å². The molecule has 0 saturated carbocycles. The van der Waals surface area contributed by atoms with E-state index >= 15 is 0 Å². The average molecular weight is 244 g/mol. The largest absolute Gasteiger partial charge is 1.00 e. The molecule has 0 aromatic rings. The van der Waals surface area contributed by atoms with Crippen molar-refractivity contribution in [1.29, 1.82) is 0 Å². The van der Waals surface area contributed by atoms with E-state index in [4.69, 9.17) is 0 Å². The van der Waals surface area contributed by atoms with Crippen LogP contribution in [-0.4, -0.2) is 6.98 Å². The maximum absolute atomic E-state index is 11.6. The third-order valence-corrected chi connectivity index (χ3v) is 1.92. The Morgan fingerprint density at radius 1 is 0.933 bits per heavy atom. The summed E-state index contributed by atoms with van der Waals surface area (Å²) in [4.78, 5) is 0. The van der Waals surface area contributed by atoms with E-state index in [1.807, 2.05) is 0 Å². The van der Waals surface area contributed by atoms with E-state index in [2.05, 4.69) is 12.8 Å². The second-order valence-electron chi connectivity index (χ2n) is 3.41. The standard InChI is InChI=1S/C10H17BF3.K/c1-2-3-4-5-6-7-8-9-10-11(12,13)14;/h2-8H2,1H3;/q-1;+1. The van der Waals surface area contributed by atoms with Crippen LogP contribution in [0.1, 0.15) is 51.9 Å². The minimum Gasteiger partial charge on any atom is -0.438 e. The number of rotatable bonds is 6. The van der Waals surface area contributed by atoms with Crippen molar-refractivity contribution in [2.45, 2.75) is 51.9 Å². The molecule has 0 nitrogen and oxygen atoms in total. The van der Waals surface area contributed by atoms with Crippen LogP contribution in [0.4, 0.5) is 12.9 Å². The Hall–Kier alpha value is 1.05. The van der Waals surface area contributed by atoms with E-state index in [0.29, 0.717) is 6.42 Å². The van der Waals surface area contributed by atoms with E-state index in [1.165, 1.54) is 25.1 Å². The first-order valence-corrected chi connectivity index (χ1v) is 5.25. The van der Waals surface area contributed by atoms with E-state index in [1.54, 1.807) is 0 Å². The van der Waals surface area contributed by atoms with Crippen molar-refractivity contribution in [3.8, 4) is 11.7 Å². The molecule has 0 rings (SSSR count). The Balaban J connectivity index is 0. The second kappa shape index (κ2) is 11.5. The Morgan fingerprint density at radius 3 is 2.00 bits per heavy atom. The van der Waals surface area contributed by atoms with Crippen LogP contribution in [0, 0.1) is 11.7 Å². The minimum absolute atomic E-state index is 0. The molecule has 0 atom stereocenters. The summed E-state index contributed by atoms with van der Waals surface area (Å²) in [6.07, 6.45) is 6.89. The monoisotopic (exact) mass is 244 g/mol. The Morgan fingerprint density at radius 2 is 1.47 bits per heavy atom. The molecule has 5 heteroatoms. The van der Waals surface area contributed by atoms with Gasteiger partial charge >= 0.3 is 58.4 Å². The number of hydrogen-bond donors (Lipinski definition) is 0. The number of unbranched alkanes of at least 4 members (excludes halogenated alkanes) is 6. The van der Waals surface area contributed by atoms with Crippen LogP contribution >= 0.6 is 0 Å². The number of halogens is 3. The summed E-state index contributed by atoms with van der Waals surface area (Å²) < 4.78 is 34.9. The molecule has 0 aliphatic carbocycles. The first-order valence-electron chi connectivity index (χ1n) is 5.25. The van der Waals surface area contributed by atoms with Crippen molar-refractivity contribution in [2.24, 2.45) is 0 Å². The molecule has 0 unspecified atom stereocenters. The van der Waals surface area contributed by atoms with Gasteiger partial charge in [0.2, 0.25) is 0 Å². The molecule has 0 spiro atoms. The molecule has 82 valence electrons. The van der Waals surface area contributed by atoms with Crippen LogP contribution in [0.15, 0.2) is 0 Å². The van der Waals surface area contributed by atoms with Crippen molar-refractivity contribution in [1.82, 2.24) is 0 Å². The van der Waals surface area contributed by atoms with Gasteiger partial charge in [0, 0.05) is 6.42 Å². The summed E-state index contributed by atoms with van der Waals surface area (Å²) in [7, 11) is 0. The Bertz CT molecular complexity index is 193. The molecular formula is C10H17BF3K. The fraction of sp³-hybridized carbons (Fsp3) is 0.800. The van der Waals surface area contributed by atoms with Gasteiger partial charge in [0.05, 0.1) is 0 Å². The van der Waals surface area contributed by atoms with Crippen LogP contribution in [0.25, 0.3) is 0 Å². The van der Waals surface area contributed by atoms with Crippen molar-refractivity contribution in [3.63, 3.8) is 0 Å². The van der Waals surface area contributed by atoms with Gasteiger partial charge in [-0.05, 0) is 6.42 Å². The van der Waals surface area contributed by atoms with Gasteiger partial charge in [0.1, 0.15) is 0 Å². The quantitative estimate of drug-likeness (QED) is 0.373. The summed E-state index contributed by atoms with van der Waals surface area (Å²) in [6.45, 7) is -2.76. The minimum atomic E-state index is -4.89. The molecule has 0 aromatic heterocycles. The zero-order valence-corrected chi connectivity index (χ0v) is 12.8. The summed E-state index contributed by atoms with van der Waals surface area (Å²) in [5, 5.41) is 0. The Kier molecular flexibility index (Phi) is 14.2. The van der Waals surface area contributed by atoms with Gasteiger partial charge in [0.25, 0.3) is 0 Å². The summed E-state index contributed by atoms with van der Waals surface area (Å²) in [5.41, 5.74) is 0. The molecule has 15 heavy (non-hydrogen) atoms. The van der Waals surface area contributed by atoms with E-state index in [0.717, 1.165) is 19.3 Å². The van der Waals surface area contributed by atoms with Crippen LogP contribution < -0.4 is 51.4 Å². The third kappa shape index (κ3) is 17.7. The molecule has 0 radical (unpaired) electrons. The second-order valence-corrected chi connectivity index (χ2v) is 3.41. The SMILES string of the molecule is CCCCCCCCC#C[B-](F)(F)F.[K+]. The summed E-state index contributed by atoms with van der Waals surface area (Å²) in [6, 6.07) is 0. The van der Waals surface area contributed by atoms with Crippen LogP contribution in [0.5, 0.6) is 0 Å². The fourth-order valence-corrected chi connectivity index (χ4v) is 1.18. The zero-order chi connectivity index (χ0) is 10.9. The summed E-state index contributed by atoms with van der Waals surface area (Å²) in [5.74, 6) is 3.51. The van der Waals surface area contributed by atoms with Crippen LogP contribution in [0.3, 0.4) is 0 Å². The van der Waals surface area contributed by atoms with Gasteiger partial charge in [-0.1, -0.05) is 39.0 Å². The first kappa shape index (κ1) is 18.4. The van der Waals surface area contributed by atoms with Crippen molar-refractivity contribution in [2.75, 3.05) is 0 Å². The van der Waals surface area contributed by atoms with Gasteiger partial charge in [-0.15, -0.1) is 5.92 Å². The third-order valence-electron chi connectivity index (χ3n) is 1.92. The topological polar surface area (TPSA) is 0 Å². The molecule has 0 heterocycles. The molecule has 0 N–H and O–H groups in total. The predicted octanol–water partition coefficient (Wildman–Crippen LogP) is 1.13. The maximum Gasteiger partial charge on any atom is 1.00 e. The van der Waals surface area contributed by atoms with Gasteiger partial charge in [-0.2, -0.15) is 0 Å². The van der Waals surface area contributed by atoms with Gasteiger partial charge in [0.15, 0.2) is 0 Å². The zero-order valence-electron chi connectivity index (χ0n) is 9.66. The molecule has 0 fully saturated rings. The fourth-order valence-electron chi connectivity index (χ4n) is 1.18. The van der Waals surface area contributed by atoms with Crippen molar-refractivity contribution < 1.29 is 64.3 Å². The molecular weight excluding hydrogens is 227 g/mol. The molecule has 0 aromatic carbocycles. The average Bonchev–Trinajstić information content (AvgIpc) is 2.08. The Labute approximate surface area is 133 Å². The maximum atomic E-state index is 11.6. The normalized spacial score (nSPS) is 10.1. The molecule has 0 aliphatic rings. The van der Waals surface area contributed by atoms with Crippen LogP contribution in [0.2, 0.25) is 0 Å². The van der Waals surface area contributed by atoms with Crippen molar-refractivity contribution in [3.05, 3.63) is 0 Å². The summed E-state index contributed by atoms with van der Waals surface area (Å²) >= 11 is 0. The molecule has 0 aliphatic heterocycles. The molecule has 0 bridgehead atoms. The van der Waals surface area contributed by atoms with Gasteiger partial charge < -0.3 is 12.9 Å². The van der Waals surface area contributed by atoms with Gasteiger partial charge in [-0.3, -0.25) is 0 Å². The van der Waals surface area contributed by atoms with Crippen LogP contribution in [-0.2, 0) is 0 Å². The molecule has 0 saturated heterocycles. The first-order chi connectivity index (χ1) is 6.56.